The number of anilines is 1. The number of rotatable bonds is 2. The maximum atomic E-state index is 5.84. The van der Waals surface area contributed by atoms with Crippen LogP contribution in [-0.2, 0) is 0 Å². The Kier molecular flexibility index (Phi) is 2.65. The van der Waals surface area contributed by atoms with Crippen LogP contribution >= 0.6 is 27.3 Å². The van der Waals surface area contributed by atoms with Crippen LogP contribution in [0.3, 0.4) is 0 Å². The summed E-state index contributed by atoms with van der Waals surface area (Å²) in [4.78, 5) is 0. The third-order valence-electron chi connectivity index (χ3n) is 1.94. The molecule has 1 aromatic carbocycles. The summed E-state index contributed by atoms with van der Waals surface area (Å²) in [6.07, 6.45) is 0. The van der Waals surface area contributed by atoms with Crippen LogP contribution < -0.4 is 10.5 Å². The van der Waals surface area contributed by atoms with Gasteiger partial charge in [0.15, 0.2) is 0 Å². The fourth-order valence-corrected chi connectivity index (χ4v) is 3.07. The summed E-state index contributed by atoms with van der Waals surface area (Å²) in [7, 11) is 0. The van der Waals surface area contributed by atoms with Gasteiger partial charge in [0, 0.05) is 19.9 Å². The highest BCUT2D eigenvalue weighted by Gasteiger charge is 2.07. The van der Waals surface area contributed by atoms with Crippen molar-refractivity contribution in [3.05, 3.63) is 22.0 Å². The molecule has 0 fully saturated rings. The van der Waals surface area contributed by atoms with Crippen molar-refractivity contribution in [3.8, 4) is 5.75 Å². The molecule has 0 bridgehead atoms. The molecule has 0 unspecified atom stereocenters. The van der Waals surface area contributed by atoms with Gasteiger partial charge >= 0.3 is 0 Å². The molecule has 0 aliphatic carbocycles. The lowest BCUT2D eigenvalue weighted by Gasteiger charge is -2.04. The Morgan fingerprint density at radius 3 is 3.00 bits per heavy atom. The molecular weight excluding hydrogens is 262 g/mol. The van der Waals surface area contributed by atoms with E-state index in [0.717, 1.165) is 26.0 Å². The molecule has 1 aromatic heterocycles. The van der Waals surface area contributed by atoms with E-state index in [1.165, 1.54) is 0 Å². The molecule has 2 N–H and O–H groups in total. The second-order valence-electron chi connectivity index (χ2n) is 2.90. The van der Waals surface area contributed by atoms with Crippen LogP contribution in [0.1, 0.15) is 6.92 Å². The molecule has 0 spiro atoms. The summed E-state index contributed by atoms with van der Waals surface area (Å²) < 4.78 is 7.59. The summed E-state index contributed by atoms with van der Waals surface area (Å²) in [5, 5.41) is 3.03. The van der Waals surface area contributed by atoms with Crippen molar-refractivity contribution in [3.63, 3.8) is 0 Å². The van der Waals surface area contributed by atoms with Gasteiger partial charge in [-0.2, -0.15) is 0 Å². The number of thiophene rings is 1. The fraction of sp³-hybridized carbons (Fsp3) is 0.200. The first-order valence-electron chi connectivity index (χ1n) is 4.31. The van der Waals surface area contributed by atoms with E-state index in [9.17, 15) is 0 Å². The lowest BCUT2D eigenvalue weighted by Crippen LogP contribution is -1.91. The van der Waals surface area contributed by atoms with E-state index in [1.54, 1.807) is 11.3 Å². The van der Waals surface area contributed by atoms with Gasteiger partial charge in [-0.1, -0.05) is 0 Å². The topological polar surface area (TPSA) is 35.2 Å². The van der Waals surface area contributed by atoms with E-state index in [0.29, 0.717) is 6.61 Å². The van der Waals surface area contributed by atoms with E-state index in [4.69, 9.17) is 10.5 Å². The van der Waals surface area contributed by atoms with Crippen LogP contribution in [0.4, 0.5) is 5.69 Å². The van der Waals surface area contributed by atoms with Gasteiger partial charge in [-0.05, 0) is 35.0 Å². The summed E-state index contributed by atoms with van der Waals surface area (Å²) >= 11 is 5.13. The predicted molar refractivity (Wildman–Crippen MR) is 65.1 cm³/mol. The Hall–Kier alpha value is -0.740. The predicted octanol–water partition coefficient (Wildman–Crippen LogP) is 3.64. The lowest BCUT2D eigenvalue weighted by atomic mass is 10.2. The second kappa shape index (κ2) is 3.79. The fourth-order valence-electron chi connectivity index (χ4n) is 1.37. The molecule has 0 saturated heterocycles. The first kappa shape index (κ1) is 9.80. The standard InChI is InChI=1S/C10H10BrNOS/c1-2-13-6-3-7(11)10-8(12)5-14-9(10)4-6/h3-5H,2,12H2,1H3. The quantitative estimate of drug-likeness (QED) is 0.905. The Balaban J connectivity index is 2.62. The second-order valence-corrected chi connectivity index (χ2v) is 4.67. The highest BCUT2D eigenvalue weighted by Crippen LogP contribution is 2.37. The van der Waals surface area contributed by atoms with Crippen molar-refractivity contribution in [2.45, 2.75) is 6.92 Å². The Labute approximate surface area is 94.8 Å². The molecule has 0 atom stereocenters. The largest absolute Gasteiger partial charge is 0.494 e. The summed E-state index contributed by atoms with van der Waals surface area (Å²) in [5.41, 5.74) is 6.66. The van der Waals surface area contributed by atoms with E-state index >= 15 is 0 Å². The first-order valence-corrected chi connectivity index (χ1v) is 5.98. The third-order valence-corrected chi connectivity index (χ3v) is 3.51. The van der Waals surface area contributed by atoms with Crippen LogP contribution in [0.15, 0.2) is 22.0 Å². The first-order chi connectivity index (χ1) is 6.72. The van der Waals surface area contributed by atoms with E-state index in [1.807, 2.05) is 24.4 Å². The van der Waals surface area contributed by atoms with Crippen LogP contribution in [0.2, 0.25) is 0 Å². The van der Waals surface area contributed by atoms with E-state index in [2.05, 4.69) is 15.9 Å². The molecule has 4 heteroatoms. The minimum Gasteiger partial charge on any atom is -0.494 e. The Morgan fingerprint density at radius 1 is 1.50 bits per heavy atom. The molecule has 74 valence electrons. The van der Waals surface area contributed by atoms with Gasteiger partial charge in [0.25, 0.3) is 0 Å². The normalized spacial score (nSPS) is 10.7. The summed E-state index contributed by atoms with van der Waals surface area (Å²) in [5.74, 6) is 0.883. The maximum Gasteiger partial charge on any atom is 0.121 e. The third kappa shape index (κ3) is 1.60. The minimum atomic E-state index is 0.679. The number of ether oxygens (including phenoxy) is 1. The average Bonchev–Trinajstić information content (AvgIpc) is 2.48. The molecule has 2 nitrogen and oxygen atoms in total. The molecule has 0 amide bonds. The van der Waals surface area contributed by atoms with Crippen molar-refractivity contribution >= 4 is 43.0 Å². The highest BCUT2D eigenvalue weighted by molar-refractivity contribution is 9.10. The van der Waals surface area contributed by atoms with Crippen LogP contribution in [-0.4, -0.2) is 6.61 Å². The maximum absolute atomic E-state index is 5.84. The summed E-state index contributed by atoms with van der Waals surface area (Å²) in [6.45, 7) is 2.65. The van der Waals surface area contributed by atoms with Crippen molar-refractivity contribution in [2.75, 3.05) is 12.3 Å². The number of hydrogen-bond donors (Lipinski definition) is 1. The number of benzene rings is 1. The van der Waals surface area contributed by atoms with Crippen LogP contribution in [0.25, 0.3) is 10.1 Å². The molecule has 0 aliphatic heterocycles. The van der Waals surface area contributed by atoms with Crippen LogP contribution in [0, 0.1) is 0 Å². The zero-order valence-corrected chi connectivity index (χ0v) is 10.1. The van der Waals surface area contributed by atoms with E-state index < -0.39 is 0 Å². The minimum absolute atomic E-state index is 0.679. The van der Waals surface area contributed by atoms with Gasteiger partial charge in [0.05, 0.1) is 12.3 Å². The number of nitrogen functional groups attached to an aromatic ring is 1. The number of fused-ring (bicyclic) bond motifs is 1. The van der Waals surface area contributed by atoms with Gasteiger partial charge in [-0.3, -0.25) is 0 Å². The number of halogens is 1. The average molecular weight is 272 g/mol. The molecular formula is C10H10BrNOS. The van der Waals surface area contributed by atoms with Crippen molar-refractivity contribution in [2.24, 2.45) is 0 Å². The number of hydrogen-bond acceptors (Lipinski definition) is 3. The Morgan fingerprint density at radius 2 is 2.29 bits per heavy atom. The molecule has 0 aliphatic rings. The molecule has 14 heavy (non-hydrogen) atoms. The molecule has 2 rings (SSSR count). The van der Waals surface area contributed by atoms with Gasteiger partial charge in [0.1, 0.15) is 5.75 Å². The van der Waals surface area contributed by atoms with Gasteiger partial charge in [-0.15, -0.1) is 11.3 Å². The number of nitrogens with two attached hydrogens (primary N) is 1. The van der Waals surface area contributed by atoms with Gasteiger partial charge in [0.2, 0.25) is 0 Å². The van der Waals surface area contributed by atoms with Crippen molar-refractivity contribution < 1.29 is 4.74 Å². The molecule has 0 radical (unpaired) electrons. The zero-order chi connectivity index (χ0) is 10.1. The van der Waals surface area contributed by atoms with E-state index in [-0.39, 0.29) is 0 Å². The highest BCUT2D eigenvalue weighted by atomic mass is 79.9. The van der Waals surface area contributed by atoms with Gasteiger partial charge in [-0.25, -0.2) is 0 Å². The summed E-state index contributed by atoms with van der Waals surface area (Å²) in [6, 6.07) is 3.97. The Bertz CT molecular complexity index is 466. The van der Waals surface area contributed by atoms with Crippen LogP contribution in [0.5, 0.6) is 5.75 Å². The monoisotopic (exact) mass is 271 g/mol. The molecule has 1 heterocycles. The van der Waals surface area contributed by atoms with Crippen molar-refractivity contribution in [1.82, 2.24) is 0 Å². The lowest BCUT2D eigenvalue weighted by molar-refractivity contribution is 0.340. The van der Waals surface area contributed by atoms with Gasteiger partial charge < -0.3 is 10.5 Å². The SMILES string of the molecule is CCOc1cc(Br)c2c(N)csc2c1. The molecule has 0 saturated carbocycles. The van der Waals surface area contributed by atoms with Crippen molar-refractivity contribution in [1.29, 1.82) is 0 Å². The zero-order valence-electron chi connectivity index (χ0n) is 7.71. The smallest absolute Gasteiger partial charge is 0.121 e. The molecule has 2 aromatic rings.